The molecular weight excluding hydrogens is 270 g/mol. The van der Waals surface area contributed by atoms with Crippen molar-refractivity contribution < 1.29 is 29.4 Å². The molecule has 4 N–H and O–H groups in total. The highest BCUT2D eigenvalue weighted by Crippen LogP contribution is 2.16. The van der Waals surface area contributed by atoms with Crippen LogP contribution in [0.2, 0.25) is 0 Å². The van der Waals surface area contributed by atoms with E-state index in [1.807, 2.05) is 0 Å². The summed E-state index contributed by atoms with van der Waals surface area (Å²) in [5, 5.41) is 22.1. The van der Waals surface area contributed by atoms with Gasteiger partial charge >= 0.3 is 12.0 Å². The Morgan fingerprint density at radius 2 is 2.00 bits per heavy atom. The van der Waals surface area contributed by atoms with Gasteiger partial charge in [0.1, 0.15) is 5.54 Å². The minimum atomic E-state index is -1.69. The van der Waals surface area contributed by atoms with Crippen LogP contribution in [0.1, 0.15) is 20.3 Å². The second-order valence-electron chi connectivity index (χ2n) is 4.92. The van der Waals surface area contributed by atoms with Crippen molar-refractivity contribution in [2.75, 3.05) is 13.1 Å². The Hall–Kier alpha value is -2.16. The molecule has 1 heterocycles. The van der Waals surface area contributed by atoms with E-state index in [0.717, 1.165) is 4.90 Å². The van der Waals surface area contributed by atoms with Gasteiger partial charge in [0.25, 0.3) is 5.91 Å². The normalized spacial score (nSPS) is 18.6. The standard InChI is InChI=1S/C11H17N3O6/c1-11(2)9(19)14(10(20)13-11)4-3-7(16)12-5-6(15)8(17)18/h6,15H,3-5H2,1-2H3,(H,12,16)(H,13,20)(H,17,18)/t6-/m0/s1. The number of carboxylic acids is 1. The van der Waals surface area contributed by atoms with Gasteiger partial charge in [0.15, 0.2) is 6.10 Å². The lowest BCUT2D eigenvalue weighted by Crippen LogP contribution is -2.41. The Balaban J connectivity index is 2.40. The quantitative estimate of drug-likeness (QED) is 0.428. The Morgan fingerprint density at radius 3 is 2.45 bits per heavy atom. The Bertz CT molecular complexity index is 447. The van der Waals surface area contributed by atoms with Crippen LogP contribution in [-0.2, 0) is 14.4 Å². The maximum Gasteiger partial charge on any atom is 0.334 e. The van der Waals surface area contributed by atoms with Crippen LogP contribution in [0, 0.1) is 0 Å². The highest BCUT2D eigenvalue weighted by molar-refractivity contribution is 6.06. The zero-order chi connectivity index (χ0) is 15.5. The van der Waals surface area contributed by atoms with Crippen LogP contribution in [-0.4, -0.2) is 63.7 Å². The number of nitrogens with one attached hydrogen (secondary N) is 2. The van der Waals surface area contributed by atoms with E-state index < -0.39 is 42.0 Å². The van der Waals surface area contributed by atoms with Gasteiger partial charge in [-0.25, -0.2) is 9.59 Å². The molecule has 9 heteroatoms. The van der Waals surface area contributed by atoms with E-state index in [1.165, 1.54) is 0 Å². The van der Waals surface area contributed by atoms with Crippen LogP contribution in [0.25, 0.3) is 0 Å². The fourth-order valence-electron chi connectivity index (χ4n) is 1.62. The summed E-state index contributed by atoms with van der Waals surface area (Å²) in [6, 6.07) is -0.571. The third kappa shape index (κ3) is 3.67. The maximum absolute atomic E-state index is 11.8. The molecule has 0 spiro atoms. The number of rotatable bonds is 6. The van der Waals surface area contributed by atoms with E-state index in [0.29, 0.717) is 0 Å². The number of urea groups is 1. The third-order valence-corrected chi connectivity index (χ3v) is 2.78. The molecule has 1 aliphatic heterocycles. The molecule has 0 aromatic carbocycles. The fourth-order valence-corrected chi connectivity index (χ4v) is 1.62. The zero-order valence-corrected chi connectivity index (χ0v) is 11.2. The highest BCUT2D eigenvalue weighted by atomic mass is 16.4. The number of carbonyl (C=O) groups is 4. The lowest BCUT2D eigenvalue weighted by molar-refractivity contribution is -0.146. The third-order valence-electron chi connectivity index (χ3n) is 2.78. The van der Waals surface area contributed by atoms with E-state index in [9.17, 15) is 19.2 Å². The predicted octanol–water partition coefficient (Wildman–Crippen LogP) is -1.73. The number of hydrogen-bond acceptors (Lipinski definition) is 5. The zero-order valence-electron chi connectivity index (χ0n) is 11.2. The highest BCUT2D eigenvalue weighted by Gasteiger charge is 2.43. The largest absolute Gasteiger partial charge is 0.479 e. The molecule has 0 unspecified atom stereocenters. The first-order valence-corrected chi connectivity index (χ1v) is 5.97. The number of imide groups is 1. The van der Waals surface area contributed by atoms with Gasteiger partial charge in [0.05, 0.1) is 6.54 Å². The summed E-state index contributed by atoms with van der Waals surface area (Å²) in [5.41, 5.74) is -0.993. The van der Waals surface area contributed by atoms with E-state index in [-0.39, 0.29) is 13.0 Å². The molecule has 20 heavy (non-hydrogen) atoms. The minimum absolute atomic E-state index is 0.108. The molecule has 1 atom stereocenters. The van der Waals surface area contributed by atoms with Gasteiger partial charge in [0.2, 0.25) is 5.91 Å². The summed E-state index contributed by atoms with van der Waals surface area (Å²) in [7, 11) is 0. The number of aliphatic hydroxyl groups is 1. The number of aliphatic carboxylic acids is 1. The molecule has 0 aliphatic carbocycles. The molecule has 1 saturated heterocycles. The fraction of sp³-hybridized carbons (Fsp3) is 0.636. The molecule has 0 aromatic heterocycles. The molecule has 112 valence electrons. The van der Waals surface area contributed by atoms with Crippen molar-refractivity contribution in [1.82, 2.24) is 15.5 Å². The van der Waals surface area contributed by atoms with E-state index >= 15 is 0 Å². The number of aliphatic hydroxyl groups excluding tert-OH is 1. The van der Waals surface area contributed by atoms with Crippen molar-refractivity contribution in [2.45, 2.75) is 31.9 Å². The smallest absolute Gasteiger partial charge is 0.334 e. The van der Waals surface area contributed by atoms with Crippen molar-refractivity contribution in [2.24, 2.45) is 0 Å². The Labute approximate surface area is 114 Å². The van der Waals surface area contributed by atoms with Crippen molar-refractivity contribution in [1.29, 1.82) is 0 Å². The van der Waals surface area contributed by atoms with Crippen molar-refractivity contribution >= 4 is 23.8 Å². The Kier molecular flexibility index (Phi) is 4.66. The summed E-state index contributed by atoms with van der Waals surface area (Å²) in [5.74, 6) is -2.43. The van der Waals surface area contributed by atoms with E-state index in [4.69, 9.17) is 10.2 Å². The molecule has 1 rings (SSSR count). The first kappa shape index (κ1) is 15.9. The molecule has 1 aliphatic rings. The topological polar surface area (TPSA) is 136 Å². The van der Waals surface area contributed by atoms with Crippen molar-refractivity contribution in [3.8, 4) is 0 Å². The van der Waals surface area contributed by atoms with Gasteiger partial charge in [-0.1, -0.05) is 0 Å². The molecule has 1 fully saturated rings. The number of hydrogen-bond donors (Lipinski definition) is 4. The lowest BCUT2D eigenvalue weighted by atomic mass is 10.1. The second-order valence-corrected chi connectivity index (χ2v) is 4.92. The van der Waals surface area contributed by atoms with Crippen LogP contribution >= 0.6 is 0 Å². The number of amides is 4. The summed E-state index contributed by atoms with van der Waals surface area (Å²) < 4.78 is 0. The number of nitrogens with zero attached hydrogens (tertiary/aromatic N) is 1. The average molecular weight is 287 g/mol. The number of carbonyl (C=O) groups excluding carboxylic acids is 3. The monoisotopic (exact) mass is 287 g/mol. The van der Waals surface area contributed by atoms with Crippen LogP contribution in [0.3, 0.4) is 0 Å². The SMILES string of the molecule is CC1(C)NC(=O)N(CCC(=O)NC[C@H](O)C(=O)O)C1=O. The second kappa shape index (κ2) is 5.87. The minimum Gasteiger partial charge on any atom is -0.479 e. The van der Waals surface area contributed by atoms with Crippen LogP contribution in [0.15, 0.2) is 0 Å². The molecular formula is C11H17N3O6. The lowest BCUT2D eigenvalue weighted by Gasteiger charge is -2.15. The molecule has 0 saturated carbocycles. The van der Waals surface area contributed by atoms with Gasteiger partial charge in [-0.3, -0.25) is 14.5 Å². The van der Waals surface area contributed by atoms with Crippen LogP contribution in [0.4, 0.5) is 4.79 Å². The first-order chi connectivity index (χ1) is 9.15. The van der Waals surface area contributed by atoms with Gasteiger partial charge < -0.3 is 20.8 Å². The molecule has 0 bridgehead atoms. The van der Waals surface area contributed by atoms with Crippen LogP contribution in [0.5, 0.6) is 0 Å². The van der Waals surface area contributed by atoms with Gasteiger partial charge in [-0.05, 0) is 13.8 Å². The first-order valence-electron chi connectivity index (χ1n) is 5.97. The summed E-state index contributed by atoms with van der Waals surface area (Å²) >= 11 is 0. The molecule has 4 amide bonds. The maximum atomic E-state index is 11.8. The van der Waals surface area contributed by atoms with E-state index in [2.05, 4.69) is 10.6 Å². The molecule has 0 aromatic rings. The summed E-state index contributed by atoms with van der Waals surface area (Å²) in [4.78, 5) is 46.0. The predicted molar refractivity (Wildman–Crippen MR) is 65.6 cm³/mol. The van der Waals surface area contributed by atoms with Crippen LogP contribution < -0.4 is 10.6 Å². The number of carboxylic acid groups (broad SMARTS) is 1. The summed E-state index contributed by atoms with van der Waals surface area (Å²) in [6.07, 6.45) is -1.85. The average Bonchev–Trinajstić information content (AvgIpc) is 2.53. The van der Waals surface area contributed by atoms with Gasteiger partial charge in [-0.2, -0.15) is 0 Å². The van der Waals surface area contributed by atoms with E-state index in [1.54, 1.807) is 13.8 Å². The van der Waals surface area contributed by atoms with Gasteiger partial charge in [-0.15, -0.1) is 0 Å². The Morgan fingerprint density at radius 1 is 1.40 bits per heavy atom. The molecule has 0 radical (unpaired) electrons. The summed E-state index contributed by atoms with van der Waals surface area (Å²) in [6.45, 7) is 2.57. The van der Waals surface area contributed by atoms with Gasteiger partial charge in [0, 0.05) is 13.0 Å². The van der Waals surface area contributed by atoms with Crippen molar-refractivity contribution in [3.05, 3.63) is 0 Å². The van der Waals surface area contributed by atoms with Crippen molar-refractivity contribution in [3.63, 3.8) is 0 Å². The molecule has 9 nitrogen and oxygen atoms in total.